The van der Waals surface area contributed by atoms with Crippen molar-refractivity contribution in [3.05, 3.63) is 42.1 Å². The van der Waals surface area contributed by atoms with Crippen LogP contribution in [0.1, 0.15) is 23.3 Å². The number of benzene rings is 1. The molecule has 0 radical (unpaired) electrons. The van der Waals surface area contributed by atoms with Gasteiger partial charge in [0, 0.05) is 17.4 Å². The van der Waals surface area contributed by atoms with Gasteiger partial charge in [-0.3, -0.25) is 9.89 Å². The maximum absolute atomic E-state index is 11.7. The second kappa shape index (κ2) is 7.49. The normalized spacial score (nSPS) is 10.3. The second-order valence-electron chi connectivity index (χ2n) is 4.29. The minimum absolute atomic E-state index is 0.0510. The highest BCUT2D eigenvalue weighted by Crippen LogP contribution is 2.18. The summed E-state index contributed by atoms with van der Waals surface area (Å²) >= 11 is 1.70. The Labute approximate surface area is 126 Å². The molecule has 2 rings (SSSR count). The molecule has 0 atom stereocenters. The van der Waals surface area contributed by atoms with E-state index in [9.17, 15) is 9.59 Å². The molecule has 0 aliphatic heterocycles. The third-order valence-corrected chi connectivity index (χ3v) is 3.73. The lowest BCUT2D eigenvalue weighted by Gasteiger charge is -2.02. The number of carboxylic acid groups (broad SMARTS) is 1. The molecule has 1 heterocycles. The summed E-state index contributed by atoms with van der Waals surface area (Å²) in [6.45, 7) is 0. The van der Waals surface area contributed by atoms with Crippen LogP contribution in [0.3, 0.4) is 0 Å². The highest BCUT2D eigenvalue weighted by atomic mass is 32.2. The first kappa shape index (κ1) is 15.1. The van der Waals surface area contributed by atoms with Gasteiger partial charge in [-0.05, 0) is 24.3 Å². The largest absolute Gasteiger partial charge is 0.477 e. The molecule has 0 fully saturated rings. The fourth-order valence-corrected chi connectivity index (χ4v) is 2.51. The van der Waals surface area contributed by atoms with Gasteiger partial charge in [0.15, 0.2) is 5.82 Å². The predicted molar refractivity (Wildman–Crippen MR) is 80.6 cm³/mol. The van der Waals surface area contributed by atoms with E-state index in [0.29, 0.717) is 6.42 Å². The van der Waals surface area contributed by atoms with Crippen molar-refractivity contribution >= 4 is 29.5 Å². The summed E-state index contributed by atoms with van der Waals surface area (Å²) in [6.07, 6.45) is 1.11. The van der Waals surface area contributed by atoms with Crippen LogP contribution in [-0.2, 0) is 4.79 Å². The van der Waals surface area contributed by atoms with Gasteiger partial charge < -0.3 is 10.4 Å². The van der Waals surface area contributed by atoms with E-state index in [2.05, 4.69) is 15.5 Å². The number of nitrogens with one attached hydrogen (secondary N) is 2. The monoisotopic (exact) mass is 305 g/mol. The molecule has 0 aliphatic rings. The fourth-order valence-electron chi connectivity index (χ4n) is 1.64. The Balaban J connectivity index is 1.68. The van der Waals surface area contributed by atoms with E-state index in [1.54, 1.807) is 11.8 Å². The van der Waals surface area contributed by atoms with Crippen LogP contribution < -0.4 is 5.32 Å². The van der Waals surface area contributed by atoms with Gasteiger partial charge >= 0.3 is 5.97 Å². The summed E-state index contributed by atoms with van der Waals surface area (Å²) in [4.78, 5) is 23.5. The molecule has 0 saturated carbocycles. The molecule has 21 heavy (non-hydrogen) atoms. The molecule has 0 bridgehead atoms. The summed E-state index contributed by atoms with van der Waals surface area (Å²) in [5, 5.41) is 17.3. The maximum Gasteiger partial charge on any atom is 0.353 e. The summed E-state index contributed by atoms with van der Waals surface area (Å²) in [5.41, 5.74) is -0.0510. The van der Waals surface area contributed by atoms with Crippen molar-refractivity contribution in [2.45, 2.75) is 17.7 Å². The number of aromatic carboxylic acids is 1. The predicted octanol–water partition coefficient (Wildman–Crippen LogP) is 2.62. The number of hydrogen-bond donors (Lipinski definition) is 3. The summed E-state index contributed by atoms with van der Waals surface area (Å²) in [7, 11) is 0. The topological polar surface area (TPSA) is 95.1 Å². The lowest BCUT2D eigenvalue weighted by molar-refractivity contribution is -0.116. The zero-order chi connectivity index (χ0) is 15.1. The molecule has 6 nitrogen and oxygen atoms in total. The van der Waals surface area contributed by atoms with Crippen molar-refractivity contribution < 1.29 is 14.7 Å². The molecular formula is C14H15N3O3S. The van der Waals surface area contributed by atoms with Gasteiger partial charge in [-0.1, -0.05) is 18.2 Å². The average molecular weight is 305 g/mol. The van der Waals surface area contributed by atoms with Crippen LogP contribution in [0.15, 0.2) is 41.3 Å². The van der Waals surface area contributed by atoms with Crippen LogP contribution in [0.25, 0.3) is 0 Å². The molecule has 3 N–H and O–H groups in total. The van der Waals surface area contributed by atoms with Crippen molar-refractivity contribution in [3.8, 4) is 0 Å². The smallest absolute Gasteiger partial charge is 0.353 e. The molecular weight excluding hydrogens is 290 g/mol. The third kappa shape index (κ3) is 4.96. The Morgan fingerprint density at radius 1 is 1.29 bits per heavy atom. The number of rotatable bonds is 7. The van der Waals surface area contributed by atoms with Gasteiger partial charge in [0.05, 0.1) is 0 Å². The van der Waals surface area contributed by atoms with Gasteiger partial charge in [-0.25, -0.2) is 4.79 Å². The highest BCUT2D eigenvalue weighted by Gasteiger charge is 2.09. The Morgan fingerprint density at radius 3 is 2.71 bits per heavy atom. The Kier molecular flexibility index (Phi) is 5.39. The zero-order valence-corrected chi connectivity index (χ0v) is 12.0. The van der Waals surface area contributed by atoms with Gasteiger partial charge in [-0.15, -0.1) is 11.8 Å². The standard InChI is InChI=1S/C14H15N3O3S/c18-13(15-12-9-11(14(19)20)16-17-12)7-4-8-21-10-5-2-1-3-6-10/h1-3,5-6,9H,4,7-8H2,(H,19,20)(H2,15,16,17,18). The van der Waals surface area contributed by atoms with Crippen LogP contribution in [0.2, 0.25) is 0 Å². The van der Waals surface area contributed by atoms with Crippen LogP contribution >= 0.6 is 11.8 Å². The van der Waals surface area contributed by atoms with Crippen molar-refractivity contribution in [1.29, 1.82) is 0 Å². The van der Waals surface area contributed by atoms with E-state index in [-0.39, 0.29) is 17.4 Å². The van der Waals surface area contributed by atoms with Crippen LogP contribution in [0.5, 0.6) is 0 Å². The maximum atomic E-state index is 11.7. The number of carbonyl (C=O) groups excluding carboxylic acids is 1. The first-order valence-electron chi connectivity index (χ1n) is 6.41. The molecule has 1 aromatic carbocycles. The summed E-state index contributed by atoms with van der Waals surface area (Å²) in [5.74, 6) is -0.208. The van der Waals surface area contributed by atoms with Crippen molar-refractivity contribution in [2.75, 3.05) is 11.1 Å². The molecule has 0 spiro atoms. The Morgan fingerprint density at radius 2 is 2.05 bits per heavy atom. The number of H-pyrrole nitrogens is 1. The number of carboxylic acids is 1. The fraction of sp³-hybridized carbons (Fsp3) is 0.214. The van der Waals surface area contributed by atoms with Crippen LogP contribution in [0, 0.1) is 0 Å². The minimum atomic E-state index is -1.11. The zero-order valence-electron chi connectivity index (χ0n) is 11.2. The van der Waals surface area contributed by atoms with Crippen LogP contribution in [0.4, 0.5) is 5.82 Å². The number of nitrogens with zero attached hydrogens (tertiary/aromatic N) is 1. The minimum Gasteiger partial charge on any atom is -0.477 e. The SMILES string of the molecule is O=C(CCCSc1ccccc1)Nc1cc(C(=O)O)[nH]n1. The number of anilines is 1. The molecule has 1 amide bonds. The number of amides is 1. The van der Waals surface area contributed by atoms with Gasteiger partial charge in [0.2, 0.25) is 5.91 Å². The molecule has 7 heteroatoms. The van der Waals surface area contributed by atoms with E-state index in [4.69, 9.17) is 5.11 Å². The second-order valence-corrected chi connectivity index (χ2v) is 5.45. The first-order valence-corrected chi connectivity index (χ1v) is 7.40. The number of hydrogen-bond acceptors (Lipinski definition) is 4. The molecule has 0 aliphatic carbocycles. The highest BCUT2D eigenvalue weighted by molar-refractivity contribution is 7.99. The molecule has 0 saturated heterocycles. The van der Waals surface area contributed by atoms with Crippen molar-refractivity contribution in [1.82, 2.24) is 10.2 Å². The van der Waals surface area contributed by atoms with Crippen molar-refractivity contribution in [3.63, 3.8) is 0 Å². The van der Waals surface area contributed by atoms with E-state index in [0.717, 1.165) is 12.2 Å². The average Bonchev–Trinajstić information content (AvgIpc) is 2.93. The van der Waals surface area contributed by atoms with Gasteiger partial charge in [0.1, 0.15) is 5.69 Å². The molecule has 0 unspecified atom stereocenters. The lowest BCUT2D eigenvalue weighted by Crippen LogP contribution is -2.11. The van der Waals surface area contributed by atoms with Gasteiger partial charge in [-0.2, -0.15) is 5.10 Å². The van der Waals surface area contributed by atoms with E-state index in [1.165, 1.54) is 11.0 Å². The van der Waals surface area contributed by atoms with Crippen molar-refractivity contribution in [2.24, 2.45) is 0 Å². The molecule has 1 aromatic heterocycles. The van der Waals surface area contributed by atoms with E-state index in [1.807, 2.05) is 30.3 Å². The van der Waals surface area contributed by atoms with E-state index < -0.39 is 5.97 Å². The first-order chi connectivity index (χ1) is 10.1. The number of thioether (sulfide) groups is 1. The van der Waals surface area contributed by atoms with E-state index >= 15 is 0 Å². The quantitative estimate of drug-likeness (QED) is 0.540. The third-order valence-electron chi connectivity index (χ3n) is 2.64. The molecule has 2 aromatic rings. The Bertz CT molecular complexity index is 613. The number of carbonyl (C=O) groups is 2. The summed E-state index contributed by atoms with van der Waals surface area (Å²) in [6, 6.07) is 11.3. The lowest BCUT2D eigenvalue weighted by atomic mass is 10.3. The van der Waals surface area contributed by atoms with Crippen LogP contribution in [-0.4, -0.2) is 32.9 Å². The summed E-state index contributed by atoms with van der Waals surface area (Å²) < 4.78 is 0. The van der Waals surface area contributed by atoms with Gasteiger partial charge in [0.25, 0.3) is 0 Å². The number of aromatic nitrogens is 2. The molecule has 110 valence electrons. The number of aromatic amines is 1. The Hall–Kier alpha value is -2.28.